The number of aliphatic hydroxyl groups excluding tert-OH is 1. The lowest BCUT2D eigenvalue weighted by atomic mass is 9.86. The van der Waals surface area contributed by atoms with Crippen molar-refractivity contribution in [3.8, 4) is 0 Å². The van der Waals surface area contributed by atoms with Crippen molar-refractivity contribution in [2.75, 3.05) is 0 Å². The summed E-state index contributed by atoms with van der Waals surface area (Å²) in [7, 11) is 0. The topological polar surface area (TPSA) is 51.7 Å². The second kappa shape index (κ2) is 9.01. The van der Waals surface area contributed by atoms with Crippen molar-refractivity contribution in [3.63, 3.8) is 0 Å². The molecule has 0 aromatic carbocycles. The summed E-state index contributed by atoms with van der Waals surface area (Å²) in [5.74, 6) is 0.911. The van der Waals surface area contributed by atoms with Crippen LogP contribution in [0.4, 0.5) is 0 Å². The van der Waals surface area contributed by atoms with Gasteiger partial charge in [0.25, 0.3) is 0 Å². The predicted octanol–water partition coefficient (Wildman–Crippen LogP) is 2.15. The van der Waals surface area contributed by atoms with Crippen molar-refractivity contribution in [3.05, 3.63) is 0 Å². The van der Waals surface area contributed by atoms with Crippen LogP contribution in [0, 0.1) is 5.92 Å². The average Bonchev–Trinajstić information content (AvgIpc) is 2.10. The summed E-state index contributed by atoms with van der Waals surface area (Å²) in [5, 5.41) is 9.12. The molecule has 0 aliphatic heterocycles. The predicted molar refractivity (Wildman–Crippen MR) is 53.2 cm³/mol. The lowest BCUT2D eigenvalue weighted by molar-refractivity contribution is 0.108. The van der Waals surface area contributed by atoms with Crippen LogP contribution in [0.3, 0.4) is 0 Å². The standard InChI is InChI=1S/C8H16O.C2H6.H2O/c1-2-7-3-5-8(9)6-4-7;1-2;/h7-9H,2-6H2,1H3;1-2H3;1H2. The van der Waals surface area contributed by atoms with Crippen LogP contribution in [0.15, 0.2) is 0 Å². The van der Waals surface area contributed by atoms with E-state index in [1.54, 1.807) is 0 Å². The van der Waals surface area contributed by atoms with Crippen molar-refractivity contribution in [2.45, 2.75) is 59.0 Å². The fraction of sp³-hybridized carbons (Fsp3) is 1.00. The molecule has 0 unspecified atom stereocenters. The molecule has 12 heavy (non-hydrogen) atoms. The van der Waals surface area contributed by atoms with E-state index >= 15 is 0 Å². The third-order valence-corrected chi connectivity index (χ3v) is 2.39. The Morgan fingerprint density at radius 3 is 1.83 bits per heavy atom. The molecule has 0 bridgehead atoms. The van der Waals surface area contributed by atoms with Crippen LogP contribution in [0.5, 0.6) is 0 Å². The van der Waals surface area contributed by atoms with Gasteiger partial charge in [-0.15, -0.1) is 0 Å². The number of rotatable bonds is 1. The summed E-state index contributed by atoms with van der Waals surface area (Å²) in [5.41, 5.74) is 0. The molecule has 0 atom stereocenters. The van der Waals surface area contributed by atoms with Gasteiger partial charge < -0.3 is 10.6 Å². The van der Waals surface area contributed by atoms with E-state index in [1.807, 2.05) is 13.8 Å². The van der Waals surface area contributed by atoms with Crippen LogP contribution in [0.1, 0.15) is 52.9 Å². The molecule has 1 fully saturated rings. The van der Waals surface area contributed by atoms with Gasteiger partial charge in [-0.1, -0.05) is 27.2 Å². The molecule has 76 valence electrons. The Kier molecular flexibility index (Phi) is 10.8. The van der Waals surface area contributed by atoms with E-state index in [2.05, 4.69) is 6.92 Å². The minimum atomic E-state index is 0. The summed E-state index contributed by atoms with van der Waals surface area (Å²) in [6.07, 6.45) is 5.90. The van der Waals surface area contributed by atoms with Crippen LogP contribution in [-0.4, -0.2) is 16.7 Å². The maximum atomic E-state index is 9.12. The molecule has 0 aromatic heterocycles. The fourth-order valence-electron chi connectivity index (χ4n) is 1.55. The summed E-state index contributed by atoms with van der Waals surface area (Å²) < 4.78 is 0. The van der Waals surface area contributed by atoms with Gasteiger partial charge >= 0.3 is 0 Å². The zero-order valence-electron chi connectivity index (χ0n) is 8.64. The van der Waals surface area contributed by atoms with Gasteiger partial charge in [-0.05, 0) is 31.6 Å². The first kappa shape index (κ1) is 14.4. The van der Waals surface area contributed by atoms with Gasteiger partial charge in [0.2, 0.25) is 0 Å². The zero-order valence-corrected chi connectivity index (χ0v) is 8.64. The van der Waals surface area contributed by atoms with Crippen LogP contribution in [0.2, 0.25) is 0 Å². The minimum absolute atomic E-state index is 0. The number of hydrogen-bond acceptors (Lipinski definition) is 1. The summed E-state index contributed by atoms with van der Waals surface area (Å²) >= 11 is 0. The molecule has 1 aliphatic rings. The van der Waals surface area contributed by atoms with Crippen LogP contribution in [0.25, 0.3) is 0 Å². The first-order valence-corrected chi connectivity index (χ1v) is 5.01. The van der Waals surface area contributed by atoms with E-state index < -0.39 is 0 Å². The van der Waals surface area contributed by atoms with Gasteiger partial charge in [-0.25, -0.2) is 0 Å². The quantitative estimate of drug-likeness (QED) is 0.654. The SMILES string of the molecule is CC.CCC1CCC(O)CC1.O. The van der Waals surface area contributed by atoms with Crippen molar-refractivity contribution in [1.29, 1.82) is 0 Å². The highest BCUT2D eigenvalue weighted by atomic mass is 16.3. The molecular weight excluding hydrogens is 152 g/mol. The maximum absolute atomic E-state index is 9.12. The highest BCUT2D eigenvalue weighted by Gasteiger charge is 2.16. The summed E-state index contributed by atoms with van der Waals surface area (Å²) in [6.45, 7) is 6.24. The Labute approximate surface area is 76.3 Å². The number of hydrogen-bond donors (Lipinski definition) is 1. The van der Waals surface area contributed by atoms with E-state index in [1.165, 1.54) is 19.3 Å². The molecular formula is C10H24O2. The highest BCUT2D eigenvalue weighted by molar-refractivity contribution is 4.69. The van der Waals surface area contributed by atoms with Crippen molar-refractivity contribution >= 4 is 0 Å². The van der Waals surface area contributed by atoms with E-state index in [0.29, 0.717) is 0 Å². The van der Waals surface area contributed by atoms with E-state index in [-0.39, 0.29) is 11.6 Å². The van der Waals surface area contributed by atoms with Gasteiger partial charge in [0, 0.05) is 0 Å². The largest absolute Gasteiger partial charge is 0.412 e. The molecule has 0 spiro atoms. The van der Waals surface area contributed by atoms with E-state index in [0.717, 1.165) is 18.8 Å². The lowest BCUT2D eigenvalue weighted by Gasteiger charge is -2.23. The smallest absolute Gasteiger partial charge is 0.0540 e. The van der Waals surface area contributed by atoms with Crippen molar-refractivity contribution in [2.24, 2.45) is 5.92 Å². The molecule has 0 radical (unpaired) electrons. The molecule has 2 nitrogen and oxygen atoms in total. The first-order chi connectivity index (χ1) is 5.33. The van der Waals surface area contributed by atoms with Crippen LogP contribution in [-0.2, 0) is 0 Å². The fourth-order valence-corrected chi connectivity index (χ4v) is 1.55. The third-order valence-electron chi connectivity index (χ3n) is 2.39. The molecule has 0 saturated heterocycles. The van der Waals surface area contributed by atoms with Crippen molar-refractivity contribution < 1.29 is 10.6 Å². The van der Waals surface area contributed by atoms with Gasteiger partial charge in [0.1, 0.15) is 0 Å². The second-order valence-electron chi connectivity index (χ2n) is 3.08. The maximum Gasteiger partial charge on any atom is 0.0540 e. The molecule has 0 amide bonds. The molecule has 1 rings (SSSR count). The Morgan fingerprint density at radius 2 is 1.50 bits per heavy atom. The molecule has 1 saturated carbocycles. The summed E-state index contributed by atoms with van der Waals surface area (Å²) in [4.78, 5) is 0. The Hall–Kier alpha value is -0.0800. The minimum Gasteiger partial charge on any atom is -0.412 e. The molecule has 2 heteroatoms. The molecule has 1 aliphatic carbocycles. The average molecular weight is 176 g/mol. The monoisotopic (exact) mass is 176 g/mol. The highest BCUT2D eigenvalue weighted by Crippen LogP contribution is 2.25. The Balaban J connectivity index is 0. The lowest BCUT2D eigenvalue weighted by Crippen LogP contribution is -2.17. The van der Waals surface area contributed by atoms with Gasteiger partial charge in [-0.3, -0.25) is 0 Å². The van der Waals surface area contributed by atoms with Gasteiger partial charge in [0.15, 0.2) is 0 Å². The van der Waals surface area contributed by atoms with Crippen molar-refractivity contribution in [1.82, 2.24) is 0 Å². The molecule has 0 heterocycles. The first-order valence-electron chi connectivity index (χ1n) is 5.01. The van der Waals surface area contributed by atoms with E-state index in [9.17, 15) is 0 Å². The van der Waals surface area contributed by atoms with Crippen LogP contribution < -0.4 is 0 Å². The number of aliphatic hydroxyl groups is 1. The van der Waals surface area contributed by atoms with Gasteiger partial charge in [-0.2, -0.15) is 0 Å². The normalized spacial score (nSPS) is 28.0. The molecule has 3 N–H and O–H groups in total. The summed E-state index contributed by atoms with van der Waals surface area (Å²) in [6, 6.07) is 0. The van der Waals surface area contributed by atoms with E-state index in [4.69, 9.17) is 5.11 Å². The molecule has 0 aromatic rings. The second-order valence-corrected chi connectivity index (χ2v) is 3.08. The zero-order chi connectivity index (χ0) is 8.69. The Bertz CT molecular complexity index is 75.9. The third kappa shape index (κ3) is 5.56. The van der Waals surface area contributed by atoms with Gasteiger partial charge in [0.05, 0.1) is 6.10 Å². The van der Waals surface area contributed by atoms with Crippen LogP contribution >= 0.6 is 0 Å². The Morgan fingerprint density at radius 1 is 1.08 bits per heavy atom.